The number of rotatable bonds is 9. The van der Waals surface area contributed by atoms with E-state index in [1.165, 1.54) is 6.92 Å². The van der Waals surface area contributed by atoms with E-state index in [4.69, 9.17) is 34.8 Å². The number of carbonyl (C=O) groups is 2. The smallest absolute Gasteiger partial charge is 0.352 e. The number of nitrogens with zero attached hydrogens (tertiary/aromatic N) is 2. The van der Waals surface area contributed by atoms with Crippen molar-refractivity contribution in [2.24, 2.45) is 0 Å². The topological polar surface area (TPSA) is 86.8 Å². The first-order valence-corrected chi connectivity index (χ1v) is 15.4. The summed E-state index contributed by atoms with van der Waals surface area (Å²) >= 11 is 18.3. The number of anilines is 1. The van der Waals surface area contributed by atoms with Crippen LogP contribution in [0.2, 0.25) is 15.1 Å². The minimum atomic E-state index is -4.86. The number of halogens is 6. The molecule has 1 aliphatic rings. The lowest BCUT2D eigenvalue weighted by Gasteiger charge is -2.33. The summed E-state index contributed by atoms with van der Waals surface area (Å²) in [6.45, 7) is 0.346. The van der Waals surface area contributed by atoms with Gasteiger partial charge in [-0.15, -0.1) is 0 Å². The minimum absolute atomic E-state index is 0.0630. The Hall–Kier alpha value is -2.21. The molecule has 7 nitrogen and oxygen atoms in total. The third kappa shape index (κ3) is 8.18. The zero-order chi connectivity index (χ0) is 29.8. The monoisotopic (exact) mass is 641 g/mol. The van der Waals surface area contributed by atoms with Gasteiger partial charge in [-0.05, 0) is 50.1 Å². The van der Waals surface area contributed by atoms with E-state index in [-0.39, 0.29) is 22.6 Å². The molecule has 0 aromatic heterocycles. The van der Waals surface area contributed by atoms with Crippen LogP contribution in [0, 0.1) is 0 Å². The van der Waals surface area contributed by atoms with E-state index in [1.54, 1.807) is 18.2 Å². The quantitative estimate of drug-likeness (QED) is 0.348. The van der Waals surface area contributed by atoms with Crippen LogP contribution in [0.25, 0.3) is 0 Å². The van der Waals surface area contributed by atoms with Crippen LogP contribution in [-0.4, -0.2) is 50.0 Å². The first-order valence-electron chi connectivity index (χ1n) is 12.5. The van der Waals surface area contributed by atoms with E-state index >= 15 is 0 Å². The number of hydrogen-bond donors (Lipinski definition) is 1. The molecule has 220 valence electrons. The van der Waals surface area contributed by atoms with Crippen molar-refractivity contribution < 1.29 is 31.2 Å². The van der Waals surface area contributed by atoms with Gasteiger partial charge < -0.3 is 10.2 Å². The number of amides is 2. The maximum absolute atomic E-state index is 13.7. The second-order valence-electron chi connectivity index (χ2n) is 9.67. The third-order valence-electron chi connectivity index (χ3n) is 6.73. The van der Waals surface area contributed by atoms with Crippen molar-refractivity contribution in [3.05, 3.63) is 62.6 Å². The van der Waals surface area contributed by atoms with Crippen molar-refractivity contribution in [3.8, 4) is 0 Å². The molecule has 0 heterocycles. The highest BCUT2D eigenvalue weighted by Gasteiger charge is 2.36. The summed E-state index contributed by atoms with van der Waals surface area (Å²) in [5.41, 5.74) is -1.34. The van der Waals surface area contributed by atoms with E-state index in [9.17, 15) is 31.2 Å². The van der Waals surface area contributed by atoms with E-state index in [1.807, 2.05) is 0 Å². The fourth-order valence-electron chi connectivity index (χ4n) is 4.50. The number of hydrogen-bond acceptors (Lipinski definition) is 4. The Bertz CT molecular complexity index is 1330. The largest absolute Gasteiger partial charge is 0.417 e. The van der Waals surface area contributed by atoms with Crippen LogP contribution < -0.4 is 9.62 Å². The Morgan fingerprint density at radius 1 is 1.02 bits per heavy atom. The van der Waals surface area contributed by atoms with Crippen LogP contribution in [0.5, 0.6) is 0 Å². The summed E-state index contributed by atoms with van der Waals surface area (Å²) in [7, 11) is -4.26. The van der Waals surface area contributed by atoms with Gasteiger partial charge in [0.2, 0.25) is 21.8 Å². The van der Waals surface area contributed by atoms with Gasteiger partial charge in [0.15, 0.2) is 0 Å². The zero-order valence-corrected chi connectivity index (χ0v) is 24.9. The molecule has 40 heavy (non-hydrogen) atoms. The normalized spacial score (nSPS) is 15.4. The Morgan fingerprint density at radius 2 is 1.62 bits per heavy atom. The summed E-state index contributed by atoms with van der Waals surface area (Å²) in [6.07, 6.45) is 0.476. The molecule has 1 aliphatic carbocycles. The van der Waals surface area contributed by atoms with Gasteiger partial charge in [-0.25, -0.2) is 8.42 Å². The molecule has 1 atom stereocenters. The van der Waals surface area contributed by atoms with Crippen molar-refractivity contribution in [2.75, 3.05) is 17.1 Å². The number of benzene rings is 2. The number of nitrogens with one attached hydrogen (secondary N) is 1. The Labute approximate surface area is 246 Å². The molecule has 0 saturated heterocycles. The summed E-state index contributed by atoms with van der Waals surface area (Å²) in [6, 6.07) is 6.09. The van der Waals surface area contributed by atoms with E-state index in [0.29, 0.717) is 15.9 Å². The molecule has 1 fully saturated rings. The lowest BCUT2D eigenvalue weighted by atomic mass is 9.95. The highest BCUT2D eigenvalue weighted by molar-refractivity contribution is 7.92. The van der Waals surface area contributed by atoms with Crippen molar-refractivity contribution >= 4 is 62.3 Å². The number of sulfonamides is 1. The fraction of sp³-hybridized carbons (Fsp3) is 0.462. The van der Waals surface area contributed by atoms with Crippen molar-refractivity contribution in [2.45, 2.75) is 63.8 Å². The van der Waals surface area contributed by atoms with E-state index in [2.05, 4.69) is 5.32 Å². The average Bonchev–Trinajstić information content (AvgIpc) is 2.86. The third-order valence-corrected chi connectivity index (χ3v) is 8.91. The number of alkyl halides is 3. The Morgan fingerprint density at radius 3 is 2.17 bits per heavy atom. The molecule has 2 aromatic carbocycles. The molecule has 1 saturated carbocycles. The predicted octanol–water partition coefficient (Wildman–Crippen LogP) is 6.30. The maximum Gasteiger partial charge on any atom is 0.417 e. The van der Waals surface area contributed by atoms with Gasteiger partial charge in [-0.3, -0.25) is 13.9 Å². The molecular formula is C26H29Cl3F3N3O4S. The second-order valence-corrected chi connectivity index (χ2v) is 12.8. The zero-order valence-electron chi connectivity index (χ0n) is 21.8. The molecule has 14 heteroatoms. The van der Waals surface area contributed by atoms with E-state index in [0.717, 1.165) is 55.4 Å². The molecule has 1 N–H and O–H groups in total. The molecule has 0 bridgehead atoms. The molecule has 0 radical (unpaired) electrons. The highest BCUT2D eigenvalue weighted by Crippen LogP contribution is 2.37. The first-order chi connectivity index (χ1) is 18.6. The van der Waals surface area contributed by atoms with Gasteiger partial charge in [0.1, 0.15) is 12.6 Å². The standard InChI is InChI=1S/C26H29Cl3F3N3O4S/c1-16(25(37)33-17-7-4-3-5-8-17)34(14-19-21(27)9-6-10-22(19)28)24(36)15-35(40(2,38)39)18-11-12-23(29)20(13-18)26(30,31)32/h6,9-13,16-17H,3-5,7-8,14-15H2,1-2H3,(H,33,37)/t16-/m1/s1. The van der Waals surface area contributed by atoms with Crippen LogP contribution in [0.15, 0.2) is 36.4 Å². The van der Waals surface area contributed by atoms with Gasteiger partial charge in [0, 0.05) is 28.2 Å². The van der Waals surface area contributed by atoms with Gasteiger partial charge in [0.25, 0.3) is 0 Å². The van der Waals surface area contributed by atoms with Crippen LogP contribution in [0.4, 0.5) is 18.9 Å². The molecule has 0 aliphatic heterocycles. The van der Waals surface area contributed by atoms with Crippen LogP contribution in [0.3, 0.4) is 0 Å². The van der Waals surface area contributed by atoms with Gasteiger partial charge in [-0.2, -0.15) is 13.2 Å². The van der Waals surface area contributed by atoms with Crippen LogP contribution in [0.1, 0.15) is 50.2 Å². The summed E-state index contributed by atoms with van der Waals surface area (Å²) < 4.78 is 66.4. The molecule has 3 rings (SSSR count). The fourth-order valence-corrected chi connectivity index (χ4v) is 6.09. The molecule has 2 aromatic rings. The van der Waals surface area contributed by atoms with Crippen LogP contribution in [-0.2, 0) is 32.3 Å². The second kappa shape index (κ2) is 13.2. The van der Waals surface area contributed by atoms with E-state index < -0.39 is 56.9 Å². The van der Waals surface area contributed by atoms with Crippen LogP contribution >= 0.6 is 34.8 Å². The summed E-state index contributed by atoms with van der Waals surface area (Å²) in [4.78, 5) is 28.0. The van der Waals surface area contributed by atoms with Crippen molar-refractivity contribution in [3.63, 3.8) is 0 Å². The predicted molar refractivity (Wildman–Crippen MR) is 150 cm³/mol. The Balaban J connectivity index is 1.97. The molecular weight excluding hydrogens is 614 g/mol. The molecule has 0 unspecified atom stereocenters. The van der Waals surface area contributed by atoms with Crippen molar-refractivity contribution in [1.82, 2.24) is 10.2 Å². The average molecular weight is 643 g/mol. The molecule has 0 spiro atoms. The minimum Gasteiger partial charge on any atom is -0.352 e. The van der Waals surface area contributed by atoms with Gasteiger partial charge in [0.05, 0.1) is 22.5 Å². The highest BCUT2D eigenvalue weighted by atomic mass is 35.5. The lowest BCUT2D eigenvalue weighted by molar-refractivity contribution is -0.139. The lowest BCUT2D eigenvalue weighted by Crippen LogP contribution is -2.53. The van der Waals surface area contributed by atoms with Crippen molar-refractivity contribution in [1.29, 1.82) is 0 Å². The first kappa shape index (κ1) is 32.3. The SMILES string of the molecule is C[C@H](C(=O)NC1CCCCC1)N(Cc1c(Cl)cccc1Cl)C(=O)CN(c1ccc(Cl)c(C(F)(F)F)c1)S(C)(=O)=O. The summed E-state index contributed by atoms with van der Waals surface area (Å²) in [5.74, 6) is -1.31. The number of carbonyl (C=O) groups excluding carboxylic acids is 2. The van der Waals surface area contributed by atoms with Gasteiger partial charge >= 0.3 is 6.18 Å². The molecule has 2 amide bonds. The maximum atomic E-state index is 13.7. The summed E-state index contributed by atoms with van der Waals surface area (Å²) in [5, 5.41) is 2.76. The van der Waals surface area contributed by atoms with Gasteiger partial charge in [-0.1, -0.05) is 60.1 Å². The Kier molecular flexibility index (Phi) is 10.6.